The molecule has 0 amide bonds. The van der Waals surface area contributed by atoms with Crippen LogP contribution < -0.4 is 14.2 Å². The number of para-hydroxylation sites is 3. The van der Waals surface area contributed by atoms with Crippen LogP contribution in [0.1, 0.15) is 24.7 Å². The Morgan fingerprint density at radius 2 is 1.86 bits per heavy atom. The molecule has 150 valence electrons. The third-order valence-electron chi connectivity index (χ3n) is 4.81. The van der Waals surface area contributed by atoms with Gasteiger partial charge in [0.2, 0.25) is 0 Å². The van der Waals surface area contributed by atoms with E-state index in [2.05, 4.69) is 14.8 Å². The maximum atomic E-state index is 6.18. The molecule has 0 bridgehead atoms. The van der Waals surface area contributed by atoms with Crippen molar-refractivity contribution in [3.05, 3.63) is 59.4 Å². The SMILES string of the molecule is Clc1ccccc1OCc1nnc(SC[C@H]2COc3ccccc3O2)n1C1CC1. The van der Waals surface area contributed by atoms with Crippen molar-refractivity contribution in [2.24, 2.45) is 0 Å². The third kappa shape index (κ3) is 4.16. The summed E-state index contributed by atoms with van der Waals surface area (Å²) >= 11 is 7.83. The lowest BCUT2D eigenvalue weighted by Gasteiger charge is -2.26. The number of aromatic nitrogens is 3. The first-order valence-corrected chi connectivity index (χ1v) is 11.0. The van der Waals surface area contributed by atoms with Crippen molar-refractivity contribution in [3.63, 3.8) is 0 Å². The summed E-state index contributed by atoms with van der Waals surface area (Å²) in [5, 5.41) is 10.3. The van der Waals surface area contributed by atoms with E-state index in [-0.39, 0.29) is 6.10 Å². The molecule has 0 radical (unpaired) electrons. The molecule has 1 aliphatic heterocycles. The van der Waals surface area contributed by atoms with Gasteiger partial charge in [-0.25, -0.2) is 0 Å². The maximum absolute atomic E-state index is 6.18. The highest BCUT2D eigenvalue weighted by Gasteiger charge is 2.31. The minimum absolute atomic E-state index is 0.0259. The van der Waals surface area contributed by atoms with Crippen molar-refractivity contribution in [1.29, 1.82) is 0 Å². The quantitative estimate of drug-likeness (QED) is 0.504. The molecule has 3 aromatic rings. The van der Waals surface area contributed by atoms with Gasteiger partial charge >= 0.3 is 0 Å². The fourth-order valence-corrected chi connectivity index (χ4v) is 4.40. The minimum Gasteiger partial charge on any atom is -0.486 e. The van der Waals surface area contributed by atoms with E-state index < -0.39 is 0 Å². The van der Waals surface area contributed by atoms with Gasteiger partial charge in [-0.2, -0.15) is 0 Å². The normalized spacial score (nSPS) is 17.9. The van der Waals surface area contributed by atoms with Gasteiger partial charge in [-0.05, 0) is 37.1 Å². The number of ether oxygens (including phenoxy) is 3. The number of thioether (sulfide) groups is 1. The number of rotatable bonds is 7. The summed E-state index contributed by atoms with van der Waals surface area (Å²) in [6, 6.07) is 15.7. The lowest BCUT2D eigenvalue weighted by atomic mass is 10.3. The Morgan fingerprint density at radius 1 is 1.07 bits per heavy atom. The molecule has 6 nitrogen and oxygen atoms in total. The lowest BCUT2D eigenvalue weighted by molar-refractivity contribution is 0.107. The monoisotopic (exact) mass is 429 g/mol. The van der Waals surface area contributed by atoms with Crippen molar-refractivity contribution in [3.8, 4) is 17.2 Å². The molecular weight excluding hydrogens is 410 g/mol. The standard InChI is InChI=1S/C21H20ClN3O3S/c22-16-5-1-2-6-17(16)27-12-20-23-24-21(25(20)14-9-10-14)29-13-15-11-26-18-7-3-4-8-19(18)28-15/h1-8,14-15H,9-13H2/t15-/m1/s1. The van der Waals surface area contributed by atoms with Crippen molar-refractivity contribution in [2.75, 3.05) is 12.4 Å². The molecular formula is C21H20ClN3O3S. The van der Waals surface area contributed by atoms with Gasteiger partial charge in [0.05, 0.1) is 5.02 Å². The van der Waals surface area contributed by atoms with E-state index in [9.17, 15) is 0 Å². The van der Waals surface area contributed by atoms with Gasteiger partial charge in [0.1, 0.15) is 25.1 Å². The minimum atomic E-state index is -0.0259. The summed E-state index contributed by atoms with van der Waals surface area (Å²) in [6.45, 7) is 0.869. The zero-order chi connectivity index (χ0) is 19.6. The van der Waals surface area contributed by atoms with Crippen LogP contribution in [0.15, 0.2) is 53.7 Å². The highest BCUT2D eigenvalue weighted by atomic mass is 35.5. The Kier molecular flexibility index (Phi) is 5.24. The molecule has 2 aromatic carbocycles. The summed E-state index contributed by atoms with van der Waals surface area (Å²) in [6.07, 6.45) is 2.25. The van der Waals surface area contributed by atoms with Crippen LogP contribution in [-0.4, -0.2) is 33.2 Å². The van der Waals surface area contributed by atoms with Gasteiger partial charge in [-0.1, -0.05) is 47.6 Å². The van der Waals surface area contributed by atoms with Gasteiger partial charge in [-0.3, -0.25) is 0 Å². The lowest BCUT2D eigenvalue weighted by Crippen LogP contribution is -2.31. The molecule has 0 unspecified atom stereocenters. The summed E-state index contributed by atoms with van der Waals surface area (Å²) < 4.78 is 19.9. The van der Waals surface area contributed by atoms with Crippen LogP contribution >= 0.6 is 23.4 Å². The summed E-state index contributed by atoms with van der Waals surface area (Å²) in [4.78, 5) is 0. The third-order valence-corrected chi connectivity index (χ3v) is 6.19. The second-order valence-corrected chi connectivity index (χ2v) is 8.42. The topological polar surface area (TPSA) is 58.4 Å². The molecule has 0 spiro atoms. The molecule has 8 heteroatoms. The van der Waals surface area contributed by atoms with Crippen LogP contribution in [0.5, 0.6) is 17.2 Å². The Hall–Kier alpha value is -2.38. The smallest absolute Gasteiger partial charge is 0.191 e. The van der Waals surface area contributed by atoms with E-state index >= 15 is 0 Å². The first kappa shape index (κ1) is 18.6. The van der Waals surface area contributed by atoms with Crippen LogP contribution in [-0.2, 0) is 6.61 Å². The molecule has 5 rings (SSSR count). The molecule has 1 saturated carbocycles. The Balaban J connectivity index is 1.25. The highest BCUT2D eigenvalue weighted by Crippen LogP contribution is 2.39. The fraction of sp³-hybridized carbons (Fsp3) is 0.333. The highest BCUT2D eigenvalue weighted by molar-refractivity contribution is 7.99. The first-order chi connectivity index (χ1) is 14.3. The van der Waals surface area contributed by atoms with Gasteiger partial charge in [0.15, 0.2) is 22.5 Å². The molecule has 1 aromatic heterocycles. The Bertz CT molecular complexity index is 1010. The average molecular weight is 430 g/mol. The van der Waals surface area contributed by atoms with Crippen molar-refractivity contribution in [2.45, 2.75) is 36.8 Å². The van der Waals surface area contributed by atoms with Crippen LogP contribution in [0.4, 0.5) is 0 Å². The predicted octanol–water partition coefficient (Wildman–Crippen LogP) is 4.78. The van der Waals surface area contributed by atoms with Gasteiger partial charge in [0.25, 0.3) is 0 Å². The summed E-state index contributed by atoms with van der Waals surface area (Å²) in [7, 11) is 0. The molecule has 2 heterocycles. The van der Waals surface area contributed by atoms with Gasteiger partial charge < -0.3 is 18.8 Å². The molecule has 29 heavy (non-hydrogen) atoms. The number of benzene rings is 2. The zero-order valence-electron chi connectivity index (χ0n) is 15.7. The summed E-state index contributed by atoms with van der Waals surface area (Å²) in [5.74, 6) is 3.81. The van der Waals surface area contributed by atoms with Crippen LogP contribution in [0.3, 0.4) is 0 Å². The summed E-state index contributed by atoms with van der Waals surface area (Å²) in [5.41, 5.74) is 0. The average Bonchev–Trinajstić information content (AvgIpc) is 3.51. The number of fused-ring (bicyclic) bond motifs is 1. The van der Waals surface area contributed by atoms with E-state index in [0.29, 0.717) is 30.0 Å². The maximum Gasteiger partial charge on any atom is 0.191 e. The molecule has 0 N–H and O–H groups in total. The van der Waals surface area contributed by atoms with Crippen LogP contribution in [0.2, 0.25) is 5.02 Å². The number of hydrogen-bond donors (Lipinski definition) is 0. The van der Waals surface area contributed by atoms with Crippen LogP contribution in [0.25, 0.3) is 0 Å². The van der Waals surface area contributed by atoms with E-state index in [0.717, 1.165) is 41.1 Å². The predicted molar refractivity (Wildman–Crippen MR) is 111 cm³/mol. The number of nitrogens with zero attached hydrogens (tertiary/aromatic N) is 3. The largest absolute Gasteiger partial charge is 0.486 e. The van der Waals surface area contributed by atoms with E-state index in [1.54, 1.807) is 11.8 Å². The van der Waals surface area contributed by atoms with Gasteiger partial charge in [0, 0.05) is 11.8 Å². The van der Waals surface area contributed by atoms with Crippen LogP contribution in [0, 0.1) is 0 Å². The zero-order valence-corrected chi connectivity index (χ0v) is 17.2. The van der Waals surface area contributed by atoms with Crippen molar-refractivity contribution < 1.29 is 14.2 Å². The Morgan fingerprint density at radius 3 is 2.69 bits per heavy atom. The van der Waals surface area contributed by atoms with E-state index in [4.69, 9.17) is 25.8 Å². The first-order valence-electron chi connectivity index (χ1n) is 9.60. The van der Waals surface area contributed by atoms with E-state index in [1.807, 2.05) is 48.5 Å². The van der Waals surface area contributed by atoms with E-state index in [1.165, 1.54) is 0 Å². The molecule has 1 fully saturated rings. The van der Waals surface area contributed by atoms with Gasteiger partial charge in [-0.15, -0.1) is 10.2 Å². The van der Waals surface area contributed by atoms with Crippen molar-refractivity contribution >= 4 is 23.4 Å². The van der Waals surface area contributed by atoms with Crippen molar-refractivity contribution in [1.82, 2.24) is 14.8 Å². The molecule has 0 saturated heterocycles. The number of halogens is 1. The number of hydrogen-bond acceptors (Lipinski definition) is 6. The molecule has 2 aliphatic rings. The second-order valence-electron chi connectivity index (χ2n) is 7.03. The Labute approximate surface area is 178 Å². The molecule has 1 atom stereocenters. The fourth-order valence-electron chi connectivity index (χ4n) is 3.22. The second kappa shape index (κ2) is 8.16. The molecule has 1 aliphatic carbocycles.